The molecular formula is C53H49N5O4. The van der Waals surface area contributed by atoms with Gasteiger partial charge in [-0.15, -0.1) is 0 Å². The Morgan fingerprint density at radius 2 is 1.18 bits per heavy atom. The van der Waals surface area contributed by atoms with Crippen molar-refractivity contribution < 1.29 is 18.9 Å². The van der Waals surface area contributed by atoms with Gasteiger partial charge in [0.05, 0.1) is 45.4 Å². The molecule has 0 spiro atoms. The number of hydrogen-bond donors (Lipinski definition) is 1. The predicted octanol–water partition coefficient (Wildman–Crippen LogP) is 10.7. The number of hydrogen-bond acceptors (Lipinski definition) is 8. The number of nitrogens with zero attached hydrogens (tertiary/aromatic N) is 4. The first-order valence-corrected chi connectivity index (χ1v) is 21.0. The molecule has 0 radical (unpaired) electrons. The summed E-state index contributed by atoms with van der Waals surface area (Å²) in [5.74, 6) is 1.42. The molecule has 2 aromatic heterocycles. The van der Waals surface area contributed by atoms with Crippen molar-refractivity contribution in [3.63, 3.8) is 0 Å². The molecule has 1 saturated carbocycles. The molecule has 0 bridgehead atoms. The lowest BCUT2D eigenvalue weighted by atomic mass is 9.77. The van der Waals surface area contributed by atoms with E-state index in [1.165, 1.54) is 0 Å². The molecule has 0 saturated heterocycles. The highest BCUT2D eigenvalue weighted by Crippen LogP contribution is 2.44. The standard InChI is InChI=1S/C53H49N5O4/c1-38-46(36-60-33-39-18-8-3-9-19-39)48(61-34-40-20-10-4-11-21-40)32-47(38)58-37-54-49-50(58)55-52(56-51(49)62-35-41-22-12-5-13-23-41)57-53(42-24-14-6-15-25-42,43-26-16-7-17-27-43)44-28-30-45(59-2)31-29-44/h3-31,37,46-48H,1,32-36H2,2H3,(H,55,56,57)/t46-,47+,48+/m1/s1. The van der Waals surface area contributed by atoms with Crippen molar-refractivity contribution in [2.45, 2.75) is 43.9 Å². The number of anilines is 1. The van der Waals surface area contributed by atoms with Crippen LogP contribution in [-0.2, 0) is 34.8 Å². The lowest BCUT2D eigenvalue weighted by Gasteiger charge is -2.37. The maximum absolute atomic E-state index is 6.73. The van der Waals surface area contributed by atoms with Crippen molar-refractivity contribution in [1.82, 2.24) is 19.5 Å². The van der Waals surface area contributed by atoms with Gasteiger partial charge < -0.3 is 28.8 Å². The van der Waals surface area contributed by atoms with Gasteiger partial charge in [0.15, 0.2) is 11.2 Å². The number of rotatable bonds is 17. The van der Waals surface area contributed by atoms with Gasteiger partial charge in [-0.1, -0.05) is 170 Å². The molecule has 3 atom stereocenters. The van der Waals surface area contributed by atoms with E-state index in [9.17, 15) is 0 Å². The number of methoxy groups -OCH3 is 1. The summed E-state index contributed by atoms with van der Waals surface area (Å²) in [6.07, 6.45) is 2.34. The predicted molar refractivity (Wildman–Crippen MR) is 243 cm³/mol. The number of benzene rings is 6. The van der Waals surface area contributed by atoms with Crippen LogP contribution in [0.3, 0.4) is 0 Å². The Bertz CT molecular complexity index is 2640. The van der Waals surface area contributed by atoms with Crippen LogP contribution >= 0.6 is 0 Å². The molecule has 62 heavy (non-hydrogen) atoms. The Hall–Kier alpha value is -7.07. The molecule has 6 aromatic carbocycles. The zero-order valence-electron chi connectivity index (χ0n) is 34.7. The van der Waals surface area contributed by atoms with E-state index in [4.69, 9.17) is 40.5 Å². The summed E-state index contributed by atoms with van der Waals surface area (Å²) in [5.41, 5.74) is 7.45. The van der Waals surface area contributed by atoms with Crippen LogP contribution in [0, 0.1) is 5.92 Å². The largest absolute Gasteiger partial charge is 0.497 e. The number of ether oxygens (including phenoxy) is 4. The number of imidazole rings is 1. The fourth-order valence-corrected chi connectivity index (χ4v) is 8.47. The zero-order valence-corrected chi connectivity index (χ0v) is 34.7. The first-order valence-electron chi connectivity index (χ1n) is 21.0. The molecule has 1 aliphatic rings. The second-order valence-electron chi connectivity index (χ2n) is 15.6. The first kappa shape index (κ1) is 40.3. The summed E-state index contributed by atoms with van der Waals surface area (Å²) in [6, 6.07) is 59.2. The van der Waals surface area contributed by atoms with Gasteiger partial charge in [0.1, 0.15) is 17.9 Å². The van der Waals surface area contributed by atoms with Crippen molar-refractivity contribution in [2.75, 3.05) is 19.0 Å². The van der Waals surface area contributed by atoms with Crippen LogP contribution in [-0.4, -0.2) is 39.3 Å². The molecule has 9 nitrogen and oxygen atoms in total. The van der Waals surface area contributed by atoms with Crippen LogP contribution in [0.2, 0.25) is 0 Å². The smallest absolute Gasteiger partial charge is 0.247 e. The van der Waals surface area contributed by atoms with Gasteiger partial charge in [-0.2, -0.15) is 9.97 Å². The van der Waals surface area contributed by atoms with E-state index in [1.807, 2.05) is 122 Å². The third-order valence-electron chi connectivity index (χ3n) is 11.7. The number of nitrogens with one attached hydrogen (secondary N) is 1. The Labute approximate surface area is 362 Å². The Balaban J connectivity index is 1.13. The van der Waals surface area contributed by atoms with Crippen LogP contribution in [0.5, 0.6) is 11.6 Å². The van der Waals surface area contributed by atoms with Crippen molar-refractivity contribution in [3.05, 3.63) is 228 Å². The van der Waals surface area contributed by atoms with Gasteiger partial charge >= 0.3 is 0 Å². The fraction of sp³-hybridized carbons (Fsp3) is 0.189. The molecule has 310 valence electrons. The quantitative estimate of drug-likeness (QED) is 0.0717. The SMILES string of the molecule is C=C1[C@@H](COCc2ccccc2)[C@@H](OCc2ccccc2)C[C@@H]1n1cnc2c(OCc3ccccc3)nc(NC(c3ccccc3)(c3ccccc3)c3ccc(OC)cc3)nc21. The summed E-state index contributed by atoms with van der Waals surface area (Å²) in [6.45, 7) is 6.45. The fourth-order valence-electron chi connectivity index (χ4n) is 8.47. The van der Waals surface area contributed by atoms with E-state index in [1.54, 1.807) is 7.11 Å². The van der Waals surface area contributed by atoms with Crippen molar-refractivity contribution in [1.29, 1.82) is 0 Å². The maximum atomic E-state index is 6.73. The summed E-state index contributed by atoms with van der Waals surface area (Å²) in [5, 5.41) is 3.88. The van der Waals surface area contributed by atoms with Gasteiger partial charge in [0.25, 0.3) is 0 Å². The Morgan fingerprint density at radius 3 is 1.76 bits per heavy atom. The highest BCUT2D eigenvalue weighted by Gasteiger charge is 2.41. The van der Waals surface area contributed by atoms with Gasteiger partial charge in [-0.25, -0.2) is 4.98 Å². The molecule has 1 aliphatic carbocycles. The van der Waals surface area contributed by atoms with Crippen LogP contribution in [0.4, 0.5) is 5.95 Å². The molecule has 9 rings (SSSR count). The van der Waals surface area contributed by atoms with Crippen LogP contribution in [0.15, 0.2) is 194 Å². The second kappa shape index (κ2) is 18.7. The summed E-state index contributed by atoms with van der Waals surface area (Å²) < 4.78 is 27.4. The summed E-state index contributed by atoms with van der Waals surface area (Å²) in [4.78, 5) is 15.4. The lowest BCUT2D eigenvalue weighted by Crippen LogP contribution is -2.38. The van der Waals surface area contributed by atoms with Gasteiger partial charge in [0.2, 0.25) is 11.8 Å². The average molecular weight is 820 g/mol. The first-order chi connectivity index (χ1) is 30.6. The van der Waals surface area contributed by atoms with E-state index >= 15 is 0 Å². The molecule has 0 amide bonds. The van der Waals surface area contributed by atoms with E-state index in [2.05, 4.69) is 70.5 Å². The molecule has 0 unspecified atom stereocenters. The van der Waals surface area contributed by atoms with E-state index in [-0.39, 0.29) is 18.1 Å². The zero-order chi connectivity index (χ0) is 42.1. The van der Waals surface area contributed by atoms with Gasteiger partial charge in [-0.05, 0) is 57.5 Å². The normalized spacial score (nSPS) is 16.3. The van der Waals surface area contributed by atoms with Crippen LogP contribution < -0.4 is 14.8 Å². The maximum Gasteiger partial charge on any atom is 0.247 e. The summed E-state index contributed by atoms with van der Waals surface area (Å²) in [7, 11) is 1.68. The second-order valence-corrected chi connectivity index (χ2v) is 15.6. The third-order valence-corrected chi connectivity index (χ3v) is 11.7. The topological polar surface area (TPSA) is 92.6 Å². The van der Waals surface area contributed by atoms with Crippen molar-refractivity contribution in [3.8, 4) is 11.6 Å². The average Bonchev–Trinajstić information content (AvgIpc) is 3.90. The van der Waals surface area contributed by atoms with Crippen LogP contribution in [0.25, 0.3) is 11.2 Å². The highest BCUT2D eigenvalue weighted by atomic mass is 16.5. The van der Waals surface area contributed by atoms with E-state index in [0.717, 1.165) is 44.7 Å². The molecule has 1 fully saturated rings. The minimum Gasteiger partial charge on any atom is -0.497 e. The van der Waals surface area contributed by atoms with Crippen LogP contribution in [0.1, 0.15) is 45.8 Å². The monoisotopic (exact) mass is 819 g/mol. The minimum absolute atomic E-state index is 0.0722. The Morgan fingerprint density at radius 1 is 0.645 bits per heavy atom. The molecule has 1 N–H and O–H groups in total. The molecule has 0 aliphatic heterocycles. The molecule has 8 aromatic rings. The lowest BCUT2D eigenvalue weighted by molar-refractivity contribution is -0.0122. The minimum atomic E-state index is -0.932. The molecule has 9 heteroatoms. The molecule has 2 heterocycles. The van der Waals surface area contributed by atoms with Crippen molar-refractivity contribution >= 4 is 17.1 Å². The van der Waals surface area contributed by atoms with E-state index < -0.39 is 5.54 Å². The number of aromatic nitrogens is 4. The summed E-state index contributed by atoms with van der Waals surface area (Å²) >= 11 is 0. The van der Waals surface area contributed by atoms with Crippen molar-refractivity contribution in [2.24, 2.45) is 5.92 Å². The third kappa shape index (κ3) is 8.59. The van der Waals surface area contributed by atoms with E-state index in [0.29, 0.717) is 55.8 Å². The highest BCUT2D eigenvalue weighted by molar-refractivity contribution is 5.78. The van der Waals surface area contributed by atoms with Gasteiger partial charge in [0, 0.05) is 5.92 Å². The van der Waals surface area contributed by atoms with Gasteiger partial charge in [-0.3, -0.25) is 0 Å². The number of fused-ring (bicyclic) bond motifs is 1. The Kier molecular flexibility index (Phi) is 12.2. The molecular weight excluding hydrogens is 771 g/mol.